The van der Waals surface area contributed by atoms with Crippen molar-refractivity contribution >= 4 is 59.8 Å². The lowest BCUT2D eigenvalue weighted by atomic mass is 9.88. The molecule has 8 nitrogen and oxygen atoms in total. The number of nitrogens with zero attached hydrogens (tertiary/aromatic N) is 4. The number of hydrogen-bond acceptors (Lipinski definition) is 6. The van der Waals surface area contributed by atoms with Gasteiger partial charge in [0.15, 0.2) is 5.17 Å². The monoisotopic (exact) mass is 561 g/mol. The first-order chi connectivity index (χ1) is 16.4. The molecule has 0 aliphatic carbocycles. The summed E-state index contributed by atoms with van der Waals surface area (Å²) in [6.45, 7) is 8.01. The fourth-order valence-corrected chi connectivity index (χ4v) is 5.93. The molecule has 0 aromatic heterocycles. The number of amidine groups is 1. The van der Waals surface area contributed by atoms with Crippen LogP contribution < -0.4 is 5.43 Å². The van der Waals surface area contributed by atoms with Crippen LogP contribution in [-0.2, 0) is 4.79 Å². The highest BCUT2D eigenvalue weighted by Crippen LogP contribution is 2.38. The van der Waals surface area contributed by atoms with E-state index in [1.54, 1.807) is 12.1 Å². The minimum absolute atomic E-state index is 0. The predicted octanol–water partition coefficient (Wildman–Crippen LogP) is 4.77. The van der Waals surface area contributed by atoms with Gasteiger partial charge in [-0.1, -0.05) is 19.9 Å². The van der Waals surface area contributed by atoms with Crippen LogP contribution in [0.4, 0.5) is 9.18 Å². The van der Waals surface area contributed by atoms with Crippen molar-refractivity contribution in [3.8, 4) is 0 Å². The summed E-state index contributed by atoms with van der Waals surface area (Å²) in [6.07, 6.45) is 4.15. The molecule has 12 heteroatoms. The molecule has 2 N–H and O–H groups in total. The van der Waals surface area contributed by atoms with Crippen molar-refractivity contribution in [1.82, 2.24) is 20.2 Å². The number of hydrogen-bond donors (Lipinski definition) is 2. The van der Waals surface area contributed by atoms with E-state index < -0.39 is 18.0 Å². The van der Waals surface area contributed by atoms with Gasteiger partial charge in [-0.3, -0.25) is 9.80 Å². The second-order valence-electron chi connectivity index (χ2n) is 8.74. The standard InChI is InChI=1S/C24H32FN5O3S.2ClH/c1-3-28(4-2)18-9-12-29(24(32)33)20(15-18)19-8-7-17(25)13-16(19)14-21-22(31)27-23(34-21)30-11-6-5-10-26-30;;/h7-8,13-14,18,20,26H,3-6,9-12,15H2,1-2H3,(H,32,33);2*1H/b21-14+;;. The fourth-order valence-electron chi connectivity index (χ4n) is 5.02. The van der Waals surface area contributed by atoms with E-state index in [0.717, 1.165) is 45.4 Å². The van der Waals surface area contributed by atoms with Crippen molar-refractivity contribution in [3.63, 3.8) is 0 Å². The number of hydrazine groups is 1. The van der Waals surface area contributed by atoms with Crippen LogP contribution in [0.15, 0.2) is 28.1 Å². The molecule has 0 radical (unpaired) electrons. The summed E-state index contributed by atoms with van der Waals surface area (Å²) in [7, 11) is 0. The molecule has 2 amide bonds. The Morgan fingerprint density at radius 2 is 2.03 bits per heavy atom. The second-order valence-corrected chi connectivity index (χ2v) is 9.75. The van der Waals surface area contributed by atoms with Crippen LogP contribution in [0.2, 0.25) is 0 Å². The van der Waals surface area contributed by atoms with Crippen molar-refractivity contribution < 1.29 is 19.1 Å². The number of thioether (sulfide) groups is 1. The maximum absolute atomic E-state index is 14.3. The molecule has 4 rings (SSSR count). The van der Waals surface area contributed by atoms with E-state index in [-0.39, 0.29) is 36.8 Å². The van der Waals surface area contributed by atoms with Crippen molar-refractivity contribution in [2.24, 2.45) is 4.99 Å². The molecule has 200 valence electrons. The highest BCUT2D eigenvalue weighted by molar-refractivity contribution is 8.18. The summed E-state index contributed by atoms with van der Waals surface area (Å²) < 4.78 is 14.3. The first-order valence-electron chi connectivity index (χ1n) is 12.0. The molecular weight excluding hydrogens is 528 g/mol. The van der Waals surface area contributed by atoms with Crippen LogP contribution in [0.25, 0.3) is 6.08 Å². The molecule has 2 unspecified atom stereocenters. The maximum Gasteiger partial charge on any atom is 0.407 e. The van der Waals surface area contributed by atoms with E-state index in [2.05, 4.69) is 29.2 Å². The lowest BCUT2D eigenvalue weighted by Crippen LogP contribution is -2.48. The van der Waals surface area contributed by atoms with Crippen molar-refractivity contribution in [3.05, 3.63) is 40.0 Å². The maximum atomic E-state index is 14.3. The number of carboxylic acid groups (broad SMARTS) is 1. The van der Waals surface area contributed by atoms with Gasteiger partial charge in [0.2, 0.25) is 0 Å². The molecule has 1 aromatic rings. The summed E-state index contributed by atoms with van der Waals surface area (Å²) in [5.41, 5.74) is 4.49. The Hall–Kier alpha value is -1.85. The molecular formula is C24H34Cl2FN5O3S. The Bertz CT molecular complexity index is 1000. The third kappa shape index (κ3) is 6.72. The Morgan fingerprint density at radius 3 is 2.67 bits per heavy atom. The van der Waals surface area contributed by atoms with Crippen molar-refractivity contribution in [2.45, 2.75) is 51.6 Å². The molecule has 0 saturated carbocycles. The Kier molecular flexibility index (Phi) is 11.5. The summed E-state index contributed by atoms with van der Waals surface area (Å²) in [4.78, 5) is 33.1. The van der Waals surface area contributed by atoms with E-state index in [0.29, 0.717) is 34.2 Å². The quantitative estimate of drug-likeness (QED) is 0.500. The third-order valence-electron chi connectivity index (χ3n) is 6.79. The van der Waals surface area contributed by atoms with Crippen molar-refractivity contribution in [1.29, 1.82) is 0 Å². The second kappa shape index (κ2) is 13.6. The molecule has 2 saturated heterocycles. The molecule has 1 aromatic carbocycles. The largest absolute Gasteiger partial charge is 0.465 e. The zero-order valence-electron chi connectivity index (χ0n) is 20.5. The fraction of sp³-hybridized carbons (Fsp3) is 0.542. The topological polar surface area (TPSA) is 88.5 Å². The number of carbonyl (C=O) groups is 2. The lowest BCUT2D eigenvalue weighted by Gasteiger charge is -2.42. The molecule has 0 bridgehead atoms. The molecule has 2 fully saturated rings. The van der Waals surface area contributed by atoms with Gasteiger partial charge in [0.05, 0.1) is 10.9 Å². The zero-order chi connectivity index (χ0) is 24.2. The molecule has 0 spiro atoms. The number of piperidine rings is 1. The zero-order valence-corrected chi connectivity index (χ0v) is 22.9. The third-order valence-corrected chi connectivity index (χ3v) is 7.80. The van der Waals surface area contributed by atoms with E-state index in [4.69, 9.17) is 0 Å². The van der Waals surface area contributed by atoms with Crippen LogP contribution in [0.1, 0.15) is 56.7 Å². The number of carbonyl (C=O) groups excluding carboxylic acids is 1. The van der Waals surface area contributed by atoms with Crippen LogP contribution in [-0.4, -0.2) is 75.8 Å². The summed E-state index contributed by atoms with van der Waals surface area (Å²) >= 11 is 1.27. The average Bonchev–Trinajstić information content (AvgIpc) is 3.20. The first kappa shape index (κ1) is 30.4. The molecule has 3 aliphatic heterocycles. The predicted molar refractivity (Wildman–Crippen MR) is 146 cm³/mol. The number of halogens is 3. The first-order valence-corrected chi connectivity index (χ1v) is 12.8. The Morgan fingerprint density at radius 1 is 1.28 bits per heavy atom. The van der Waals surface area contributed by atoms with Crippen LogP contribution in [0.5, 0.6) is 0 Å². The van der Waals surface area contributed by atoms with Crippen LogP contribution in [0, 0.1) is 5.82 Å². The number of likely N-dealkylation sites (tertiary alicyclic amines) is 1. The van der Waals surface area contributed by atoms with Gasteiger partial charge in [-0.2, -0.15) is 4.99 Å². The SMILES string of the molecule is CCN(CC)C1CCN(C(=O)O)C(c2ccc(F)cc2/C=C2/SC(N3CCCCN3)=NC2=O)C1.Cl.Cl. The van der Waals surface area contributed by atoms with E-state index >= 15 is 0 Å². The molecule has 36 heavy (non-hydrogen) atoms. The Balaban J connectivity index is 0.00000228. The van der Waals surface area contributed by atoms with Gasteiger partial charge in [0, 0.05) is 25.7 Å². The van der Waals surface area contributed by atoms with Gasteiger partial charge in [-0.15, -0.1) is 24.8 Å². The van der Waals surface area contributed by atoms with Gasteiger partial charge in [0.1, 0.15) is 5.82 Å². The molecule has 2 atom stereocenters. The average molecular weight is 563 g/mol. The highest BCUT2D eigenvalue weighted by Gasteiger charge is 2.36. The number of rotatable bonds is 5. The lowest BCUT2D eigenvalue weighted by molar-refractivity contribution is -0.113. The summed E-state index contributed by atoms with van der Waals surface area (Å²) in [5, 5.41) is 12.4. The van der Waals surface area contributed by atoms with Gasteiger partial charge in [-0.05, 0) is 79.9 Å². The van der Waals surface area contributed by atoms with E-state index in [9.17, 15) is 19.1 Å². The molecule has 3 heterocycles. The van der Waals surface area contributed by atoms with E-state index in [1.165, 1.54) is 28.8 Å². The summed E-state index contributed by atoms with van der Waals surface area (Å²) in [6, 6.07) is 4.22. The number of aliphatic imine (C=N–C) groups is 1. The number of amides is 2. The summed E-state index contributed by atoms with van der Waals surface area (Å²) in [5.74, 6) is -0.787. The van der Waals surface area contributed by atoms with Gasteiger partial charge < -0.3 is 14.9 Å². The minimum atomic E-state index is -0.987. The number of nitrogens with one attached hydrogen (secondary N) is 1. The van der Waals surface area contributed by atoms with Gasteiger partial charge in [-0.25, -0.2) is 14.6 Å². The minimum Gasteiger partial charge on any atom is -0.465 e. The van der Waals surface area contributed by atoms with Crippen LogP contribution in [0.3, 0.4) is 0 Å². The van der Waals surface area contributed by atoms with Crippen LogP contribution >= 0.6 is 36.6 Å². The highest BCUT2D eigenvalue weighted by atomic mass is 35.5. The van der Waals surface area contributed by atoms with Gasteiger partial charge in [0.25, 0.3) is 5.91 Å². The van der Waals surface area contributed by atoms with Crippen molar-refractivity contribution in [2.75, 3.05) is 32.7 Å². The molecule has 3 aliphatic rings. The van der Waals surface area contributed by atoms with E-state index in [1.807, 2.05) is 5.01 Å². The Labute approximate surface area is 228 Å². The number of benzene rings is 1. The van der Waals surface area contributed by atoms with Gasteiger partial charge >= 0.3 is 6.09 Å². The smallest absolute Gasteiger partial charge is 0.407 e. The normalized spacial score (nSPS) is 23.4.